The number of hydrogen-bond donors (Lipinski definition) is 0. The lowest BCUT2D eigenvalue weighted by Gasteiger charge is -2.35. The molecule has 14 rings (SSSR count). The van der Waals surface area contributed by atoms with Gasteiger partial charge in [-0.3, -0.25) is 0 Å². The summed E-state index contributed by atoms with van der Waals surface area (Å²) in [6, 6.07) is 86.6. The van der Waals surface area contributed by atoms with E-state index in [4.69, 9.17) is 0 Å². The van der Waals surface area contributed by atoms with Crippen molar-refractivity contribution in [1.29, 1.82) is 0 Å². The average Bonchev–Trinajstić information content (AvgIpc) is 4.11. The van der Waals surface area contributed by atoms with Gasteiger partial charge in [0.05, 0.1) is 38.6 Å². The van der Waals surface area contributed by atoms with Crippen molar-refractivity contribution in [2.24, 2.45) is 0 Å². The van der Waals surface area contributed by atoms with Crippen molar-refractivity contribution in [3.63, 3.8) is 0 Å². The van der Waals surface area contributed by atoms with Crippen LogP contribution in [-0.4, -0.2) is 21.8 Å². The van der Waals surface area contributed by atoms with E-state index < -0.39 is 8.07 Å². The van der Waals surface area contributed by atoms with Gasteiger partial charge in [-0.15, -0.1) is 0 Å². The van der Waals surface area contributed by atoms with Crippen molar-refractivity contribution in [3.05, 3.63) is 273 Å². The van der Waals surface area contributed by atoms with Gasteiger partial charge in [0.15, 0.2) is 8.07 Å². The first-order chi connectivity index (χ1) is 36.4. The van der Waals surface area contributed by atoms with Gasteiger partial charge < -0.3 is 13.7 Å². The van der Waals surface area contributed by atoms with Crippen molar-refractivity contribution in [2.45, 2.75) is 0 Å². The second-order valence-corrected chi connectivity index (χ2v) is 21.8. The van der Waals surface area contributed by atoms with Gasteiger partial charge in [0.2, 0.25) is 0 Å². The van der Waals surface area contributed by atoms with Gasteiger partial charge in [-0.2, -0.15) is 0 Å². The van der Waals surface area contributed by atoms with Crippen LogP contribution in [0.25, 0.3) is 93.6 Å². The largest absolute Gasteiger partial charge is 0.309 e. The van der Waals surface area contributed by atoms with Crippen molar-refractivity contribution in [3.8, 4) is 28.2 Å². The zero-order valence-corrected chi connectivity index (χ0v) is 39.0. The van der Waals surface area contributed by atoms with Crippen LogP contribution < -0.4 is 20.7 Å². The Hall–Kier alpha value is -8.96. The molecule has 0 bridgehead atoms. The summed E-state index contributed by atoms with van der Waals surface area (Å²) in [5.74, 6) is 0. The third-order valence-corrected chi connectivity index (χ3v) is 19.0. The SMILES string of the molecule is [2H]c1c([2H])c(-n2c3ccccc3c3ccccc32)c([2H])c([Si](c2ccccc2)(c2ccccc2)c2cccc(-n3c4ccccc4c4cc(-n5c6ccccc6c6c(-c7ccccc7)cccc65)ccc43)c2)c1[2H]. The average molecular weight is 912 g/mol. The Morgan fingerprint density at radius 1 is 0.300 bits per heavy atom. The quantitative estimate of drug-likeness (QED) is 0.107. The predicted octanol–water partition coefficient (Wildman–Crippen LogP) is 14.0. The van der Waals surface area contributed by atoms with Gasteiger partial charge in [-0.1, -0.05) is 200 Å². The minimum Gasteiger partial charge on any atom is -0.309 e. The van der Waals surface area contributed by atoms with Crippen LogP contribution in [0.3, 0.4) is 0 Å². The molecule has 0 aliphatic rings. The molecule has 0 saturated heterocycles. The topological polar surface area (TPSA) is 14.8 Å². The summed E-state index contributed by atoms with van der Waals surface area (Å²) in [5.41, 5.74) is 10.8. The Kier molecular flexibility index (Phi) is 8.30. The molecule has 3 nitrogen and oxygen atoms in total. The van der Waals surface area contributed by atoms with E-state index in [0.717, 1.165) is 81.6 Å². The van der Waals surface area contributed by atoms with Gasteiger partial charge in [0.25, 0.3) is 0 Å². The molecule has 0 radical (unpaired) electrons. The molecule has 4 heteroatoms. The molecule has 328 valence electrons. The van der Waals surface area contributed by atoms with Gasteiger partial charge >= 0.3 is 0 Å². The zero-order chi connectivity index (χ0) is 49.7. The van der Waals surface area contributed by atoms with Gasteiger partial charge in [-0.25, -0.2) is 0 Å². The van der Waals surface area contributed by atoms with E-state index in [-0.39, 0.29) is 24.2 Å². The number of benzene rings is 11. The standard InChI is InChI=1S/C66H45N3Si/c1-4-21-46(22-5-1)54-35-20-40-65-66(54)58-34-13-17-39-63(58)69(65)49-41-42-64-59(45-49)57-33-12-16-38-62(57)68(64)48-24-19-30-53(44-48)70(50-25-6-2-7-26-50,51-27-8-3-9-28-51)52-29-18-23-47(43-52)67-60-36-14-10-31-55(60)56-32-11-15-37-61(56)67/h1-45H/i18D,23D,29D,43D. The van der Waals surface area contributed by atoms with Crippen LogP contribution in [0.2, 0.25) is 0 Å². The van der Waals surface area contributed by atoms with Crippen molar-refractivity contribution < 1.29 is 5.48 Å². The minimum absolute atomic E-state index is 0.0811. The van der Waals surface area contributed by atoms with Crippen molar-refractivity contribution in [1.82, 2.24) is 13.7 Å². The molecular formula is C66H45N3Si. The molecule has 0 aliphatic heterocycles. The van der Waals surface area contributed by atoms with E-state index in [1.807, 2.05) is 77.4 Å². The van der Waals surface area contributed by atoms with Crippen molar-refractivity contribution in [2.75, 3.05) is 0 Å². The van der Waals surface area contributed by atoms with E-state index in [0.29, 0.717) is 10.9 Å². The third-order valence-electron chi connectivity index (χ3n) is 14.4. The summed E-state index contributed by atoms with van der Waals surface area (Å²) in [7, 11) is -3.74. The third kappa shape index (κ3) is 6.00. The maximum atomic E-state index is 10.6. The Labute approximate surface area is 412 Å². The number of hydrogen-bond acceptors (Lipinski definition) is 0. The van der Waals surface area contributed by atoms with Crippen LogP contribution in [0.4, 0.5) is 0 Å². The first kappa shape index (κ1) is 36.1. The lowest BCUT2D eigenvalue weighted by Crippen LogP contribution is -2.74. The molecule has 0 aliphatic carbocycles. The fraction of sp³-hybridized carbons (Fsp3) is 0. The Morgan fingerprint density at radius 3 is 1.40 bits per heavy atom. The van der Waals surface area contributed by atoms with Crippen molar-refractivity contribution >= 4 is 94.2 Å². The lowest BCUT2D eigenvalue weighted by molar-refractivity contribution is 1.17. The molecule has 0 unspecified atom stereocenters. The molecule has 0 saturated carbocycles. The molecule has 14 aromatic rings. The second kappa shape index (κ2) is 16.1. The maximum Gasteiger partial charge on any atom is 0.179 e. The van der Waals surface area contributed by atoms with Crippen LogP contribution >= 0.6 is 0 Å². The van der Waals surface area contributed by atoms with Gasteiger partial charge in [0.1, 0.15) is 0 Å². The summed E-state index contributed by atoms with van der Waals surface area (Å²) in [6.07, 6.45) is 0. The molecule has 0 spiro atoms. The Morgan fingerprint density at radius 2 is 0.757 bits per heavy atom. The van der Waals surface area contributed by atoms with Crippen LogP contribution in [0.1, 0.15) is 5.48 Å². The molecule has 0 N–H and O–H groups in total. The molecule has 0 fully saturated rings. The summed E-state index contributed by atoms with van der Waals surface area (Å²) < 4.78 is 46.7. The van der Waals surface area contributed by atoms with Crippen LogP contribution in [0.15, 0.2) is 273 Å². The molecule has 70 heavy (non-hydrogen) atoms. The number of aromatic nitrogens is 3. The summed E-state index contributed by atoms with van der Waals surface area (Å²) in [5, 5.41) is 10.0. The normalized spacial score (nSPS) is 12.8. The van der Waals surface area contributed by atoms with Crippen LogP contribution in [0, 0.1) is 0 Å². The van der Waals surface area contributed by atoms with E-state index in [1.54, 1.807) is 0 Å². The number of para-hydroxylation sites is 4. The monoisotopic (exact) mass is 911 g/mol. The highest BCUT2D eigenvalue weighted by molar-refractivity contribution is 7.20. The number of rotatable bonds is 8. The van der Waals surface area contributed by atoms with Gasteiger partial charge in [-0.05, 0) is 105 Å². The molecular weight excluding hydrogens is 863 g/mol. The molecule has 11 aromatic carbocycles. The highest BCUT2D eigenvalue weighted by Gasteiger charge is 2.42. The molecule has 0 atom stereocenters. The lowest BCUT2D eigenvalue weighted by atomic mass is 9.99. The van der Waals surface area contributed by atoms with Gasteiger partial charge in [0, 0.05) is 49.4 Å². The van der Waals surface area contributed by atoms with Crippen LogP contribution in [0.5, 0.6) is 0 Å². The predicted molar refractivity (Wildman–Crippen MR) is 299 cm³/mol. The molecule has 3 heterocycles. The first-order valence-electron chi connectivity index (χ1n) is 25.9. The fourth-order valence-corrected chi connectivity index (χ4v) is 16.0. The van der Waals surface area contributed by atoms with E-state index >= 15 is 0 Å². The summed E-state index contributed by atoms with van der Waals surface area (Å²) in [6.45, 7) is 0. The molecule has 3 aromatic heterocycles. The minimum atomic E-state index is -3.74. The summed E-state index contributed by atoms with van der Waals surface area (Å²) in [4.78, 5) is 0. The van der Waals surface area contributed by atoms with Crippen LogP contribution in [-0.2, 0) is 0 Å². The first-order valence-corrected chi connectivity index (χ1v) is 25.9. The highest BCUT2D eigenvalue weighted by atomic mass is 28.3. The second-order valence-electron chi connectivity index (χ2n) is 18.1. The highest BCUT2D eigenvalue weighted by Crippen LogP contribution is 2.40. The fourth-order valence-electron chi connectivity index (χ4n) is 11.5. The zero-order valence-electron chi connectivity index (χ0n) is 42.0. The Balaban J connectivity index is 1.03. The molecule has 0 amide bonds. The smallest absolute Gasteiger partial charge is 0.179 e. The van der Waals surface area contributed by atoms with E-state index in [1.165, 1.54) is 21.9 Å². The number of fused-ring (bicyclic) bond motifs is 9. The Bertz CT molecular complexity index is 4450. The van der Waals surface area contributed by atoms with E-state index in [9.17, 15) is 5.48 Å². The maximum absolute atomic E-state index is 10.6. The van der Waals surface area contributed by atoms with E-state index in [2.05, 4.69) is 185 Å². The number of nitrogens with zero attached hydrogens (tertiary/aromatic N) is 3. The summed E-state index contributed by atoms with van der Waals surface area (Å²) >= 11 is 0.